The van der Waals surface area contributed by atoms with Crippen molar-refractivity contribution in [2.75, 3.05) is 0 Å². The first-order valence-corrected chi connectivity index (χ1v) is 6.82. The quantitative estimate of drug-likeness (QED) is 0.760. The summed E-state index contributed by atoms with van der Waals surface area (Å²) in [7, 11) is 0. The van der Waals surface area contributed by atoms with Crippen LogP contribution in [0, 0.1) is 0 Å². The van der Waals surface area contributed by atoms with E-state index >= 15 is 0 Å². The van der Waals surface area contributed by atoms with Gasteiger partial charge in [-0.1, -0.05) is 40.2 Å². The third-order valence-corrected chi connectivity index (χ3v) is 3.61. The molecule has 2 aromatic carbocycles. The van der Waals surface area contributed by atoms with E-state index < -0.39 is 5.97 Å². The number of aromatic nitrogens is 1. The molecule has 0 aliphatic heterocycles. The molecule has 0 saturated carbocycles. The number of hydrogen-bond acceptors (Lipinski definition) is 2. The van der Waals surface area contributed by atoms with Gasteiger partial charge in [0.05, 0.1) is 11.1 Å². The lowest BCUT2D eigenvalue weighted by atomic mass is 10.00. The van der Waals surface area contributed by atoms with Gasteiger partial charge in [-0.3, -0.25) is 4.98 Å². The van der Waals surface area contributed by atoms with Gasteiger partial charge in [-0.25, -0.2) is 4.79 Å². The average molecular weight is 328 g/mol. The molecule has 3 rings (SSSR count). The highest BCUT2D eigenvalue weighted by Gasteiger charge is 2.12. The van der Waals surface area contributed by atoms with Crippen molar-refractivity contribution in [1.82, 2.24) is 4.98 Å². The molecule has 1 N–H and O–H groups in total. The molecule has 0 radical (unpaired) electrons. The molecule has 0 aliphatic rings. The standard InChI is InChI=1S/C16H10BrNO2/c17-12-5-6-13(14(8-12)16(19)20)11-7-10-3-1-2-4-15(10)18-9-11/h1-9H,(H,19,20). The average Bonchev–Trinajstić information content (AvgIpc) is 2.46. The van der Waals surface area contributed by atoms with Crippen LogP contribution in [0.1, 0.15) is 10.4 Å². The summed E-state index contributed by atoms with van der Waals surface area (Å²) in [5.74, 6) is -0.950. The van der Waals surface area contributed by atoms with Gasteiger partial charge in [0.25, 0.3) is 0 Å². The number of para-hydroxylation sites is 1. The highest BCUT2D eigenvalue weighted by Crippen LogP contribution is 2.28. The maximum atomic E-state index is 11.4. The molecule has 20 heavy (non-hydrogen) atoms. The van der Waals surface area contributed by atoms with Gasteiger partial charge >= 0.3 is 5.97 Å². The molecule has 0 amide bonds. The van der Waals surface area contributed by atoms with E-state index in [9.17, 15) is 9.90 Å². The fourth-order valence-corrected chi connectivity index (χ4v) is 2.52. The van der Waals surface area contributed by atoms with E-state index in [1.807, 2.05) is 36.4 Å². The lowest BCUT2D eigenvalue weighted by Gasteiger charge is -2.08. The first-order chi connectivity index (χ1) is 9.65. The van der Waals surface area contributed by atoms with Gasteiger partial charge in [-0.05, 0) is 29.8 Å². The van der Waals surface area contributed by atoms with E-state index in [2.05, 4.69) is 20.9 Å². The summed E-state index contributed by atoms with van der Waals surface area (Å²) in [6, 6.07) is 14.9. The zero-order valence-corrected chi connectivity index (χ0v) is 12.0. The van der Waals surface area contributed by atoms with Gasteiger partial charge in [0, 0.05) is 21.6 Å². The minimum absolute atomic E-state index is 0.261. The SMILES string of the molecule is O=C(O)c1cc(Br)ccc1-c1cnc2ccccc2c1. The first kappa shape index (κ1) is 12.8. The minimum Gasteiger partial charge on any atom is -0.478 e. The summed E-state index contributed by atoms with van der Waals surface area (Å²) in [6.07, 6.45) is 1.71. The van der Waals surface area contributed by atoms with Crippen LogP contribution in [0.3, 0.4) is 0 Å². The molecule has 3 nitrogen and oxygen atoms in total. The summed E-state index contributed by atoms with van der Waals surface area (Å²) in [5, 5.41) is 10.3. The number of rotatable bonds is 2. The lowest BCUT2D eigenvalue weighted by molar-refractivity contribution is 0.0697. The Labute approximate surface area is 124 Å². The zero-order valence-electron chi connectivity index (χ0n) is 10.4. The summed E-state index contributed by atoms with van der Waals surface area (Å²) in [6.45, 7) is 0. The van der Waals surface area contributed by atoms with Crippen LogP contribution >= 0.6 is 15.9 Å². The Kier molecular flexibility index (Phi) is 3.24. The van der Waals surface area contributed by atoms with Crippen LogP contribution in [0.25, 0.3) is 22.0 Å². The van der Waals surface area contributed by atoms with Gasteiger partial charge in [0.15, 0.2) is 0 Å². The lowest BCUT2D eigenvalue weighted by Crippen LogP contribution is -1.99. The number of hydrogen-bond donors (Lipinski definition) is 1. The normalized spacial score (nSPS) is 10.7. The Balaban J connectivity index is 2.22. The van der Waals surface area contributed by atoms with Crippen LogP contribution < -0.4 is 0 Å². The molecule has 0 unspecified atom stereocenters. The van der Waals surface area contributed by atoms with E-state index in [0.717, 1.165) is 20.9 Å². The Bertz CT molecular complexity index is 814. The first-order valence-electron chi connectivity index (χ1n) is 6.03. The fraction of sp³-hybridized carbons (Fsp3) is 0. The molecule has 0 fully saturated rings. The maximum Gasteiger partial charge on any atom is 0.336 e. The van der Waals surface area contributed by atoms with Crippen LogP contribution in [-0.4, -0.2) is 16.1 Å². The number of pyridine rings is 1. The van der Waals surface area contributed by atoms with Gasteiger partial charge in [0.1, 0.15) is 0 Å². The second-order valence-electron chi connectivity index (χ2n) is 4.41. The Morgan fingerprint density at radius 1 is 1.10 bits per heavy atom. The number of aromatic carboxylic acids is 1. The minimum atomic E-state index is -0.950. The third-order valence-electron chi connectivity index (χ3n) is 3.11. The van der Waals surface area contributed by atoms with E-state index in [-0.39, 0.29) is 5.56 Å². The Hall–Kier alpha value is -2.20. The molecule has 0 saturated heterocycles. The van der Waals surface area contributed by atoms with Crippen LogP contribution in [0.5, 0.6) is 0 Å². The van der Waals surface area contributed by atoms with Crippen molar-refractivity contribution in [1.29, 1.82) is 0 Å². The third kappa shape index (κ3) is 2.30. The van der Waals surface area contributed by atoms with Crippen molar-refractivity contribution in [3.8, 4) is 11.1 Å². The van der Waals surface area contributed by atoms with Crippen molar-refractivity contribution < 1.29 is 9.90 Å². The summed E-state index contributed by atoms with van der Waals surface area (Å²) >= 11 is 3.30. The van der Waals surface area contributed by atoms with E-state index in [0.29, 0.717) is 5.56 Å². The number of benzene rings is 2. The molecule has 98 valence electrons. The van der Waals surface area contributed by atoms with E-state index in [4.69, 9.17) is 0 Å². The predicted molar refractivity (Wildman–Crippen MR) is 81.8 cm³/mol. The highest BCUT2D eigenvalue weighted by atomic mass is 79.9. The van der Waals surface area contributed by atoms with Crippen LogP contribution in [0.2, 0.25) is 0 Å². The number of carbonyl (C=O) groups is 1. The Morgan fingerprint density at radius 2 is 1.90 bits per heavy atom. The van der Waals surface area contributed by atoms with Crippen molar-refractivity contribution in [2.45, 2.75) is 0 Å². The van der Waals surface area contributed by atoms with Crippen LogP contribution in [0.15, 0.2) is 59.2 Å². The largest absolute Gasteiger partial charge is 0.478 e. The van der Waals surface area contributed by atoms with E-state index in [1.165, 1.54) is 0 Å². The maximum absolute atomic E-state index is 11.4. The van der Waals surface area contributed by atoms with Gasteiger partial charge in [-0.15, -0.1) is 0 Å². The van der Waals surface area contributed by atoms with Crippen molar-refractivity contribution in [3.63, 3.8) is 0 Å². The molecule has 1 heterocycles. The topological polar surface area (TPSA) is 50.2 Å². The number of nitrogens with zero attached hydrogens (tertiary/aromatic N) is 1. The van der Waals surface area contributed by atoms with E-state index in [1.54, 1.807) is 18.3 Å². The van der Waals surface area contributed by atoms with Crippen molar-refractivity contribution in [3.05, 3.63) is 64.8 Å². The number of carboxylic acids is 1. The molecular weight excluding hydrogens is 318 g/mol. The summed E-state index contributed by atoms with van der Waals surface area (Å²) in [4.78, 5) is 15.7. The van der Waals surface area contributed by atoms with Gasteiger partial charge < -0.3 is 5.11 Å². The van der Waals surface area contributed by atoms with Gasteiger partial charge in [-0.2, -0.15) is 0 Å². The van der Waals surface area contributed by atoms with Gasteiger partial charge in [0.2, 0.25) is 0 Å². The number of fused-ring (bicyclic) bond motifs is 1. The van der Waals surface area contributed by atoms with Crippen molar-refractivity contribution >= 4 is 32.8 Å². The number of carboxylic acid groups (broad SMARTS) is 1. The molecule has 1 aromatic heterocycles. The molecule has 0 spiro atoms. The molecule has 4 heteroatoms. The summed E-state index contributed by atoms with van der Waals surface area (Å²) < 4.78 is 0.743. The molecule has 0 bridgehead atoms. The Morgan fingerprint density at radius 3 is 2.70 bits per heavy atom. The highest BCUT2D eigenvalue weighted by molar-refractivity contribution is 9.10. The van der Waals surface area contributed by atoms with Crippen molar-refractivity contribution in [2.24, 2.45) is 0 Å². The smallest absolute Gasteiger partial charge is 0.336 e. The monoisotopic (exact) mass is 327 g/mol. The fourth-order valence-electron chi connectivity index (χ4n) is 2.16. The number of halogens is 1. The second kappa shape index (κ2) is 5.06. The van der Waals surface area contributed by atoms with Crippen LogP contribution in [-0.2, 0) is 0 Å². The predicted octanol–water partition coefficient (Wildman–Crippen LogP) is 4.36. The summed E-state index contributed by atoms with van der Waals surface area (Å²) in [5.41, 5.74) is 2.62. The molecule has 0 atom stereocenters. The van der Waals surface area contributed by atoms with Crippen LogP contribution in [0.4, 0.5) is 0 Å². The molecule has 0 aliphatic carbocycles. The second-order valence-corrected chi connectivity index (χ2v) is 5.33. The zero-order chi connectivity index (χ0) is 14.1. The molecule has 3 aromatic rings. The molecular formula is C16H10BrNO2.